The molecule has 0 saturated carbocycles. The molecule has 3 aromatic carbocycles. The molecule has 6 heteroatoms. The Morgan fingerprint density at radius 2 is 1.69 bits per heavy atom. The molecule has 0 spiro atoms. The molecule has 4 aromatic rings. The molecule has 1 aliphatic carbocycles. The fourth-order valence-corrected chi connectivity index (χ4v) is 3.91. The van der Waals surface area contributed by atoms with Crippen LogP contribution in [0.3, 0.4) is 0 Å². The van der Waals surface area contributed by atoms with Crippen molar-refractivity contribution >= 4 is 17.4 Å². The molecule has 0 atom stereocenters. The molecule has 0 aliphatic heterocycles. The second kappa shape index (κ2) is 8.23. The van der Waals surface area contributed by atoms with Crippen molar-refractivity contribution in [3.63, 3.8) is 0 Å². The van der Waals surface area contributed by atoms with Crippen molar-refractivity contribution in [2.24, 2.45) is 0 Å². The number of fused-ring (bicyclic) bond motifs is 1. The summed E-state index contributed by atoms with van der Waals surface area (Å²) in [5, 5.41) is 11.1. The van der Waals surface area contributed by atoms with Crippen molar-refractivity contribution in [2.45, 2.75) is 26.2 Å². The molecule has 1 N–H and O–H groups in total. The van der Waals surface area contributed by atoms with E-state index in [1.165, 1.54) is 0 Å². The Morgan fingerprint density at radius 3 is 2.47 bits per heavy atom. The molecule has 0 unspecified atom stereocenters. The maximum Gasteiger partial charge on any atom is 0.255 e. The Hall–Kier alpha value is -4.06. The van der Waals surface area contributed by atoms with Gasteiger partial charge in [0, 0.05) is 34.4 Å². The SMILES string of the molecule is Cc1cccc(-c2nnc(-c3ccc(C(=O)Nc4ccc5c(c4)C(=O)CCC5)cc3)o2)c1. The van der Waals surface area contributed by atoms with E-state index in [1.807, 2.05) is 43.3 Å². The van der Waals surface area contributed by atoms with E-state index < -0.39 is 0 Å². The Labute approximate surface area is 185 Å². The highest BCUT2D eigenvalue weighted by Crippen LogP contribution is 2.26. The summed E-state index contributed by atoms with van der Waals surface area (Å²) in [5.41, 5.74) is 5.58. The maximum atomic E-state index is 12.7. The molecule has 6 nitrogen and oxygen atoms in total. The number of aryl methyl sites for hydroxylation is 2. The fourth-order valence-electron chi connectivity index (χ4n) is 3.91. The predicted molar refractivity (Wildman–Crippen MR) is 122 cm³/mol. The van der Waals surface area contributed by atoms with Gasteiger partial charge in [-0.05, 0) is 73.9 Å². The number of hydrogen-bond acceptors (Lipinski definition) is 5. The Balaban J connectivity index is 1.31. The lowest BCUT2D eigenvalue weighted by atomic mass is 9.90. The average molecular weight is 423 g/mol. The van der Waals surface area contributed by atoms with Crippen LogP contribution in [0.4, 0.5) is 5.69 Å². The molecule has 0 radical (unpaired) electrons. The van der Waals surface area contributed by atoms with Gasteiger partial charge >= 0.3 is 0 Å². The second-order valence-electron chi connectivity index (χ2n) is 7.96. The van der Waals surface area contributed by atoms with Crippen LogP contribution in [0.25, 0.3) is 22.9 Å². The first-order valence-corrected chi connectivity index (χ1v) is 10.6. The minimum atomic E-state index is -0.245. The lowest BCUT2D eigenvalue weighted by molar-refractivity contribution is 0.0970. The zero-order valence-electron chi connectivity index (χ0n) is 17.6. The van der Waals surface area contributed by atoms with Gasteiger partial charge in [0.2, 0.25) is 11.8 Å². The summed E-state index contributed by atoms with van der Waals surface area (Å²) < 4.78 is 5.81. The zero-order chi connectivity index (χ0) is 22.1. The zero-order valence-corrected chi connectivity index (χ0v) is 17.6. The molecule has 1 aromatic heterocycles. The number of rotatable bonds is 4. The van der Waals surface area contributed by atoms with Gasteiger partial charge in [0.1, 0.15) is 0 Å². The summed E-state index contributed by atoms with van der Waals surface area (Å²) in [5.74, 6) is 0.733. The predicted octanol–water partition coefficient (Wildman–Crippen LogP) is 5.48. The first kappa shape index (κ1) is 19.9. The van der Waals surface area contributed by atoms with Crippen LogP contribution in [0.2, 0.25) is 0 Å². The Morgan fingerprint density at radius 1 is 0.906 bits per heavy atom. The van der Waals surface area contributed by atoms with Crippen molar-refractivity contribution in [3.05, 3.63) is 89.0 Å². The topological polar surface area (TPSA) is 85.1 Å². The van der Waals surface area contributed by atoms with Crippen LogP contribution >= 0.6 is 0 Å². The van der Waals surface area contributed by atoms with E-state index in [0.717, 1.165) is 35.1 Å². The van der Waals surface area contributed by atoms with Crippen molar-refractivity contribution in [2.75, 3.05) is 5.32 Å². The molecule has 32 heavy (non-hydrogen) atoms. The highest BCUT2D eigenvalue weighted by molar-refractivity contribution is 6.06. The van der Waals surface area contributed by atoms with Gasteiger partial charge in [0.05, 0.1) is 0 Å². The normalized spacial score (nSPS) is 13.0. The molecule has 1 aliphatic rings. The summed E-state index contributed by atoms with van der Waals surface area (Å²) in [6.45, 7) is 2.01. The van der Waals surface area contributed by atoms with E-state index >= 15 is 0 Å². The van der Waals surface area contributed by atoms with E-state index in [0.29, 0.717) is 35.0 Å². The number of nitrogens with zero attached hydrogens (tertiary/aromatic N) is 2. The number of carbonyl (C=O) groups is 2. The standard InChI is InChI=1S/C26H21N3O3/c1-16-4-2-6-20(14-16)26-29-28-25(32-26)19-10-8-18(9-11-19)24(31)27-21-13-12-17-5-3-7-23(30)22(17)15-21/h2,4,6,8-15H,3,5,7H2,1H3,(H,27,31). The highest BCUT2D eigenvalue weighted by atomic mass is 16.4. The monoisotopic (exact) mass is 423 g/mol. The van der Waals surface area contributed by atoms with Gasteiger partial charge in [-0.2, -0.15) is 0 Å². The van der Waals surface area contributed by atoms with Crippen molar-refractivity contribution in [1.29, 1.82) is 0 Å². The van der Waals surface area contributed by atoms with Crippen LogP contribution in [-0.4, -0.2) is 21.9 Å². The van der Waals surface area contributed by atoms with Crippen molar-refractivity contribution in [3.8, 4) is 22.9 Å². The number of Topliss-reactive ketones (excluding diaryl/α,β-unsaturated/α-hetero) is 1. The van der Waals surface area contributed by atoms with Gasteiger partial charge in [0.15, 0.2) is 5.78 Å². The summed E-state index contributed by atoms with van der Waals surface area (Å²) in [6.07, 6.45) is 2.35. The number of ketones is 1. The van der Waals surface area contributed by atoms with Crippen LogP contribution in [0.5, 0.6) is 0 Å². The fraction of sp³-hybridized carbons (Fsp3) is 0.154. The Bertz CT molecular complexity index is 1320. The van der Waals surface area contributed by atoms with Crippen LogP contribution in [-0.2, 0) is 6.42 Å². The average Bonchev–Trinajstić information content (AvgIpc) is 3.30. The number of carbonyl (C=O) groups excluding carboxylic acids is 2. The minimum Gasteiger partial charge on any atom is -0.416 e. The number of hydrogen-bond donors (Lipinski definition) is 1. The number of amides is 1. The summed E-state index contributed by atoms with van der Waals surface area (Å²) in [6, 6.07) is 20.4. The van der Waals surface area contributed by atoms with Crippen LogP contribution in [0.15, 0.2) is 71.1 Å². The van der Waals surface area contributed by atoms with Gasteiger partial charge in [-0.15, -0.1) is 10.2 Å². The molecule has 0 bridgehead atoms. The van der Waals surface area contributed by atoms with Crippen molar-refractivity contribution in [1.82, 2.24) is 10.2 Å². The Kier molecular flexibility index (Phi) is 5.11. The van der Waals surface area contributed by atoms with Gasteiger partial charge in [-0.1, -0.05) is 23.8 Å². The number of nitrogens with one attached hydrogen (secondary N) is 1. The lowest BCUT2D eigenvalue weighted by Crippen LogP contribution is -2.14. The quantitative estimate of drug-likeness (QED) is 0.470. The summed E-state index contributed by atoms with van der Waals surface area (Å²) in [7, 11) is 0. The van der Waals surface area contributed by atoms with Gasteiger partial charge in [-0.3, -0.25) is 9.59 Å². The molecule has 0 saturated heterocycles. The third-order valence-electron chi connectivity index (χ3n) is 5.60. The first-order valence-electron chi connectivity index (χ1n) is 10.6. The molecule has 5 rings (SSSR count). The van der Waals surface area contributed by atoms with Gasteiger partial charge < -0.3 is 9.73 Å². The molecular formula is C26H21N3O3. The number of aromatic nitrogens is 2. The first-order chi connectivity index (χ1) is 15.6. The number of benzene rings is 3. The van der Waals surface area contributed by atoms with E-state index in [4.69, 9.17) is 4.42 Å². The van der Waals surface area contributed by atoms with Gasteiger partial charge in [0.25, 0.3) is 5.91 Å². The maximum absolute atomic E-state index is 12.7. The minimum absolute atomic E-state index is 0.135. The molecule has 158 valence electrons. The summed E-state index contributed by atoms with van der Waals surface area (Å²) in [4.78, 5) is 24.8. The number of anilines is 1. The summed E-state index contributed by atoms with van der Waals surface area (Å²) >= 11 is 0. The largest absolute Gasteiger partial charge is 0.416 e. The van der Waals surface area contributed by atoms with E-state index in [1.54, 1.807) is 30.3 Å². The molecular weight excluding hydrogens is 402 g/mol. The van der Waals surface area contributed by atoms with Gasteiger partial charge in [-0.25, -0.2) is 0 Å². The third kappa shape index (κ3) is 3.95. The lowest BCUT2D eigenvalue weighted by Gasteiger charge is -2.16. The van der Waals surface area contributed by atoms with Crippen LogP contribution in [0, 0.1) is 6.92 Å². The second-order valence-corrected chi connectivity index (χ2v) is 7.96. The smallest absolute Gasteiger partial charge is 0.255 e. The van der Waals surface area contributed by atoms with E-state index in [2.05, 4.69) is 15.5 Å². The molecule has 1 amide bonds. The molecule has 1 heterocycles. The molecule has 0 fully saturated rings. The van der Waals surface area contributed by atoms with E-state index in [-0.39, 0.29) is 11.7 Å². The third-order valence-corrected chi connectivity index (χ3v) is 5.60. The van der Waals surface area contributed by atoms with Crippen LogP contribution in [0.1, 0.15) is 44.7 Å². The highest BCUT2D eigenvalue weighted by Gasteiger charge is 2.18. The van der Waals surface area contributed by atoms with E-state index in [9.17, 15) is 9.59 Å². The van der Waals surface area contributed by atoms with Crippen molar-refractivity contribution < 1.29 is 14.0 Å². The van der Waals surface area contributed by atoms with Crippen LogP contribution < -0.4 is 5.32 Å².